The number of benzene rings is 2. The van der Waals surface area contributed by atoms with Crippen molar-refractivity contribution in [1.82, 2.24) is 5.32 Å². The van der Waals surface area contributed by atoms with Crippen LogP contribution < -0.4 is 10.2 Å². The number of rotatable bonds is 9. The Kier molecular flexibility index (Phi) is 9.12. The van der Waals surface area contributed by atoms with E-state index in [1.54, 1.807) is 31.3 Å². The Morgan fingerprint density at radius 2 is 1.78 bits per heavy atom. The zero-order chi connectivity index (χ0) is 27.3. The van der Waals surface area contributed by atoms with E-state index < -0.39 is 41.7 Å². The quantitative estimate of drug-likeness (QED) is 0.481. The Labute approximate surface area is 215 Å². The third kappa shape index (κ3) is 6.77. The fourth-order valence-electron chi connectivity index (χ4n) is 4.47. The fraction of sp³-hybridized carbons (Fsp3) is 0.464. The molecule has 2 aromatic rings. The van der Waals surface area contributed by atoms with Gasteiger partial charge >= 0.3 is 6.18 Å². The molecule has 0 bridgehead atoms. The minimum atomic E-state index is -4.49. The number of amides is 2. The largest absolute Gasteiger partial charge is 0.416 e. The van der Waals surface area contributed by atoms with Crippen LogP contribution in [0.15, 0.2) is 53.5 Å². The van der Waals surface area contributed by atoms with Gasteiger partial charge in [0.15, 0.2) is 0 Å². The molecule has 1 aliphatic heterocycles. The third-order valence-electron chi connectivity index (χ3n) is 6.49. The summed E-state index contributed by atoms with van der Waals surface area (Å²) in [4.78, 5) is 32.7. The number of benzodiazepines with no additional fused rings is 1. The summed E-state index contributed by atoms with van der Waals surface area (Å²) >= 11 is 0. The molecule has 3 rings (SSSR count). The highest BCUT2D eigenvalue weighted by molar-refractivity contribution is 6.20. The lowest BCUT2D eigenvalue weighted by Gasteiger charge is -2.26. The summed E-state index contributed by atoms with van der Waals surface area (Å²) in [6, 6.07) is 11.5. The Morgan fingerprint density at radius 1 is 1.14 bits per heavy atom. The topological polar surface area (TPSA) is 82.0 Å². The molecule has 0 spiro atoms. The molecule has 0 fully saturated rings. The molecule has 200 valence electrons. The van der Waals surface area contributed by atoms with Gasteiger partial charge in [0.1, 0.15) is 0 Å². The average Bonchev–Trinajstić information content (AvgIpc) is 2.96. The molecular weight excluding hydrogens is 483 g/mol. The second kappa shape index (κ2) is 11.9. The molecule has 37 heavy (non-hydrogen) atoms. The van der Waals surface area contributed by atoms with Gasteiger partial charge in [0, 0.05) is 18.2 Å². The van der Waals surface area contributed by atoms with Gasteiger partial charge in [-0.2, -0.15) is 13.2 Å². The number of likely N-dealkylation sites (N-methyl/N-ethyl adjacent to an activating group) is 1. The van der Waals surface area contributed by atoms with Crippen molar-refractivity contribution in [3.63, 3.8) is 0 Å². The number of nitrogens with one attached hydrogen (secondary N) is 1. The van der Waals surface area contributed by atoms with E-state index in [9.17, 15) is 27.9 Å². The van der Waals surface area contributed by atoms with Gasteiger partial charge in [0.25, 0.3) is 5.91 Å². The molecule has 2 aromatic carbocycles. The number of hydrogen-bond acceptors (Lipinski definition) is 4. The molecule has 2 N–H and O–H groups in total. The highest BCUT2D eigenvalue weighted by atomic mass is 19.4. The van der Waals surface area contributed by atoms with Gasteiger partial charge in [-0.1, -0.05) is 63.9 Å². The van der Waals surface area contributed by atoms with E-state index in [2.05, 4.69) is 10.3 Å². The van der Waals surface area contributed by atoms with Crippen molar-refractivity contribution in [2.75, 3.05) is 11.9 Å². The maximum absolute atomic E-state index is 13.4. The van der Waals surface area contributed by atoms with Gasteiger partial charge in [-0.3, -0.25) is 9.59 Å². The van der Waals surface area contributed by atoms with Crippen LogP contribution in [0.25, 0.3) is 0 Å². The highest BCUT2D eigenvalue weighted by Gasteiger charge is 2.35. The van der Waals surface area contributed by atoms with Gasteiger partial charge < -0.3 is 15.3 Å². The smallest absolute Gasteiger partial charge is 0.392 e. The van der Waals surface area contributed by atoms with Crippen molar-refractivity contribution in [1.29, 1.82) is 0 Å². The number of carbonyl (C=O) groups excluding carboxylic acids is 2. The summed E-state index contributed by atoms with van der Waals surface area (Å²) in [6.45, 7) is 5.91. The molecule has 0 aromatic heterocycles. The zero-order valence-corrected chi connectivity index (χ0v) is 21.5. The number of unbranched alkanes of at least 4 members (excludes halogenated alkanes) is 1. The number of para-hydroxylation sites is 1. The summed E-state index contributed by atoms with van der Waals surface area (Å²) in [5.41, 5.74) is 0.944. The number of aliphatic hydroxyl groups excluding tert-OH is 1. The van der Waals surface area contributed by atoms with Crippen LogP contribution in [0.1, 0.15) is 63.1 Å². The first kappa shape index (κ1) is 28.4. The lowest BCUT2D eigenvalue weighted by atomic mass is 9.88. The van der Waals surface area contributed by atoms with Gasteiger partial charge in [-0.15, -0.1) is 0 Å². The summed E-state index contributed by atoms with van der Waals surface area (Å²) in [5, 5.41) is 13.5. The Bertz CT molecular complexity index is 1130. The molecule has 9 heteroatoms. The molecule has 0 aliphatic carbocycles. The van der Waals surface area contributed by atoms with E-state index in [1.807, 2.05) is 20.8 Å². The SMILES string of the molecule is CCCCC(O)C(CC(C)C)C(=O)NC1N=C(c2ccc(C(F)(F)F)cc2)c2ccccc2N(C)C1=O. The molecule has 1 heterocycles. The minimum Gasteiger partial charge on any atom is -0.392 e. The number of aliphatic hydroxyl groups is 1. The second-order valence-corrected chi connectivity index (χ2v) is 9.82. The number of alkyl halides is 3. The number of nitrogens with zero attached hydrogens (tertiary/aromatic N) is 2. The second-order valence-electron chi connectivity index (χ2n) is 9.82. The predicted octanol–water partition coefficient (Wildman–Crippen LogP) is 5.17. The van der Waals surface area contributed by atoms with Crippen molar-refractivity contribution in [2.45, 2.75) is 64.9 Å². The van der Waals surface area contributed by atoms with Gasteiger partial charge in [-0.25, -0.2) is 4.99 Å². The number of fused-ring (bicyclic) bond motifs is 1. The van der Waals surface area contributed by atoms with E-state index in [0.717, 1.165) is 25.0 Å². The lowest BCUT2D eigenvalue weighted by molar-refractivity contribution is -0.137. The van der Waals surface area contributed by atoms with E-state index >= 15 is 0 Å². The van der Waals surface area contributed by atoms with Crippen molar-refractivity contribution < 1.29 is 27.9 Å². The van der Waals surface area contributed by atoms with Crippen LogP contribution in [0.3, 0.4) is 0 Å². The first-order valence-corrected chi connectivity index (χ1v) is 12.5. The zero-order valence-electron chi connectivity index (χ0n) is 21.5. The van der Waals surface area contributed by atoms with Crippen LogP contribution in [-0.4, -0.2) is 41.9 Å². The van der Waals surface area contributed by atoms with Gasteiger partial charge in [0.05, 0.1) is 29.0 Å². The molecule has 0 radical (unpaired) electrons. The number of anilines is 1. The fourth-order valence-corrected chi connectivity index (χ4v) is 4.47. The molecule has 3 unspecified atom stereocenters. The highest BCUT2D eigenvalue weighted by Crippen LogP contribution is 2.31. The summed E-state index contributed by atoms with van der Waals surface area (Å²) in [5.74, 6) is -1.56. The number of halogens is 3. The molecule has 2 amide bonds. The van der Waals surface area contributed by atoms with E-state index in [1.165, 1.54) is 17.0 Å². The first-order valence-electron chi connectivity index (χ1n) is 12.5. The number of aliphatic imine (C=N–C) groups is 1. The summed E-state index contributed by atoms with van der Waals surface area (Å²) in [7, 11) is 1.56. The van der Waals surface area contributed by atoms with Crippen LogP contribution >= 0.6 is 0 Å². The Morgan fingerprint density at radius 3 is 2.38 bits per heavy atom. The number of carbonyl (C=O) groups is 2. The molecule has 1 aliphatic rings. The maximum Gasteiger partial charge on any atom is 0.416 e. The van der Waals surface area contributed by atoms with Crippen LogP contribution in [0.2, 0.25) is 0 Å². The predicted molar refractivity (Wildman–Crippen MR) is 137 cm³/mol. The lowest BCUT2D eigenvalue weighted by Crippen LogP contribution is -2.49. The summed E-state index contributed by atoms with van der Waals surface area (Å²) < 4.78 is 39.4. The minimum absolute atomic E-state index is 0.134. The first-order chi connectivity index (χ1) is 17.4. The maximum atomic E-state index is 13.4. The Hall–Kier alpha value is -3.20. The van der Waals surface area contributed by atoms with Gasteiger partial charge in [0.2, 0.25) is 12.1 Å². The van der Waals surface area contributed by atoms with E-state index in [0.29, 0.717) is 35.4 Å². The van der Waals surface area contributed by atoms with E-state index in [4.69, 9.17) is 0 Å². The van der Waals surface area contributed by atoms with Crippen molar-refractivity contribution in [2.24, 2.45) is 16.8 Å². The van der Waals surface area contributed by atoms with Crippen LogP contribution in [0.4, 0.5) is 18.9 Å². The molecule has 0 saturated carbocycles. The van der Waals surface area contributed by atoms with Crippen molar-refractivity contribution >= 4 is 23.2 Å². The van der Waals surface area contributed by atoms with Crippen LogP contribution in [-0.2, 0) is 15.8 Å². The van der Waals surface area contributed by atoms with E-state index in [-0.39, 0.29) is 5.92 Å². The van der Waals surface area contributed by atoms with Crippen molar-refractivity contribution in [3.05, 3.63) is 65.2 Å². The summed E-state index contributed by atoms with van der Waals surface area (Å²) in [6.07, 6.45) is -4.13. The van der Waals surface area contributed by atoms with Crippen LogP contribution in [0, 0.1) is 11.8 Å². The van der Waals surface area contributed by atoms with Gasteiger partial charge in [-0.05, 0) is 37.0 Å². The molecule has 0 saturated heterocycles. The Balaban J connectivity index is 2.02. The molecule has 6 nitrogen and oxygen atoms in total. The normalized spacial score (nSPS) is 17.6. The number of hydrogen-bond donors (Lipinski definition) is 2. The monoisotopic (exact) mass is 517 g/mol. The van der Waals surface area contributed by atoms with Crippen molar-refractivity contribution in [3.8, 4) is 0 Å². The standard InChI is InChI=1S/C28H34F3N3O3/c1-5-6-11-23(35)21(16-17(2)3)26(36)33-25-27(37)34(4)22-10-8-7-9-20(22)24(32-25)18-12-14-19(15-13-18)28(29,30)31/h7-10,12-15,17,21,23,25,35H,5-6,11,16H2,1-4H3,(H,33,36). The average molecular weight is 518 g/mol. The molecule has 3 atom stereocenters. The van der Waals surface area contributed by atoms with Crippen LogP contribution in [0.5, 0.6) is 0 Å². The third-order valence-corrected chi connectivity index (χ3v) is 6.49. The molecular formula is C28H34F3N3O3.